The highest BCUT2D eigenvalue weighted by molar-refractivity contribution is 7.98. The molecular weight excluding hydrogens is 240 g/mol. The zero-order valence-corrected chi connectivity index (χ0v) is 10.4. The fraction of sp³-hybridized carbons (Fsp3) is 0.200. The molecule has 0 saturated carbocycles. The second kappa shape index (κ2) is 5.29. The number of hydrazine groups is 1. The van der Waals surface area contributed by atoms with Crippen molar-refractivity contribution < 1.29 is 0 Å². The number of anilines is 1. The molecule has 0 spiro atoms. The van der Waals surface area contributed by atoms with E-state index in [-0.39, 0.29) is 0 Å². The summed E-state index contributed by atoms with van der Waals surface area (Å²) in [6.45, 7) is 2.08. The minimum absolute atomic E-state index is 0.652. The summed E-state index contributed by atoms with van der Waals surface area (Å²) in [5, 5.41) is 9.53. The van der Waals surface area contributed by atoms with Gasteiger partial charge in [0, 0.05) is 4.90 Å². The van der Waals surface area contributed by atoms with Gasteiger partial charge >= 0.3 is 0 Å². The van der Waals surface area contributed by atoms with Crippen LogP contribution in [0.3, 0.4) is 0 Å². The van der Waals surface area contributed by atoms with Crippen LogP contribution in [0, 0.1) is 6.92 Å². The van der Waals surface area contributed by atoms with E-state index in [0.29, 0.717) is 5.13 Å². The standard InChI is InChI=1S/C10H12N4S2/c1-7-2-4-8(5-3-7)15-6-9-13-14-10(12-11)16-9/h2-5H,6,11H2,1H3,(H,12,14). The summed E-state index contributed by atoms with van der Waals surface area (Å²) in [5.74, 6) is 6.06. The van der Waals surface area contributed by atoms with Crippen LogP contribution in [0.2, 0.25) is 0 Å². The molecule has 2 rings (SSSR count). The van der Waals surface area contributed by atoms with E-state index in [0.717, 1.165) is 10.8 Å². The molecule has 1 aromatic heterocycles. The van der Waals surface area contributed by atoms with E-state index >= 15 is 0 Å². The first-order valence-electron chi connectivity index (χ1n) is 4.76. The number of hydrogen-bond donors (Lipinski definition) is 2. The fourth-order valence-corrected chi connectivity index (χ4v) is 2.68. The summed E-state index contributed by atoms with van der Waals surface area (Å²) in [6.07, 6.45) is 0. The quantitative estimate of drug-likeness (QED) is 0.497. The Morgan fingerprint density at radius 2 is 2.06 bits per heavy atom. The van der Waals surface area contributed by atoms with Crippen LogP contribution in [0.15, 0.2) is 29.2 Å². The van der Waals surface area contributed by atoms with Gasteiger partial charge in [-0.25, -0.2) is 5.84 Å². The van der Waals surface area contributed by atoms with E-state index in [1.807, 2.05) is 0 Å². The molecule has 4 nitrogen and oxygen atoms in total. The molecule has 3 N–H and O–H groups in total. The Bertz CT molecular complexity index is 452. The number of nitrogens with two attached hydrogens (primary N) is 1. The van der Waals surface area contributed by atoms with E-state index < -0.39 is 0 Å². The predicted molar refractivity (Wildman–Crippen MR) is 68.5 cm³/mol. The van der Waals surface area contributed by atoms with Crippen LogP contribution < -0.4 is 11.3 Å². The monoisotopic (exact) mass is 252 g/mol. The largest absolute Gasteiger partial charge is 0.298 e. The summed E-state index contributed by atoms with van der Waals surface area (Å²) >= 11 is 3.22. The molecular formula is C10H12N4S2. The van der Waals surface area contributed by atoms with Gasteiger partial charge in [0.2, 0.25) is 5.13 Å². The van der Waals surface area contributed by atoms with Crippen LogP contribution >= 0.6 is 23.1 Å². The molecule has 0 aliphatic rings. The zero-order chi connectivity index (χ0) is 11.4. The van der Waals surface area contributed by atoms with Crippen LogP contribution in [0.5, 0.6) is 0 Å². The zero-order valence-electron chi connectivity index (χ0n) is 8.80. The van der Waals surface area contributed by atoms with Gasteiger partial charge in [-0.15, -0.1) is 22.0 Å². The summed E-state index contributed by atoms with van der Waals surface area (Å²) in [6, 6.07) is 8.44. The SMILES string of the molecule is Cc1ccc(SCc2nnc(NN)s2)cc1. The van der Waals surface area contributed by atoms with E-state index in [4.69, 9.17) is 5.84 Å². The molecule has 6 heteroatoms. The third kappa shape index (κ3) is 2.94. The van der Waals surface area contributed by atoms with Gasteiger partial charge in [-0.1, -0.05) is 29.0 Å². The van der Waals surface area contributed by atoms with Crippen molar-refractivity contribution in [1.82, 2.24) is 10.2 Å². The van der Waals surface area contributed by atoms with Crippen molar-refractivity contribution in [3.8, 4) is 0 Å². The number of hydrogen-bond acceptors (Lipinski definition) is 6. The topological polar surface area (TPSA) is 63.8 Å². The van der Waals surface area contributed by atoms with Gasteiger partial charge in [0.15, 0.2) is 0 Å². The van der Waals surface area contributed by atoms with Crippen molar-refractivity contribution in [1.29, 1.82) is 0 Å². The van der Waals surface area contributed by atoms with Crippen molar-refractivity contribution in [2.75, 3.05) is 5.43 Å². The van der Waals surface area contributed by atoms with E-state index in [2.05, 4.69) is 46.8 Å². The molecule has 0 saturated heterocycles. The van der Waals surface area contributed by atoms with Gasteiger partial charge in [0.05, 0.1) is 5.75 Å². The normalized spacial score (nSPS) is 10.4. The van der Waals surface area contributed by atoms with Gasteiger partial charge < -0.3 is 0 Å². The number of nitrogen functional groups attached to an aromatic ring is 1. The minimum atomic E-state index is 0.652. The maximum Gasteiger partial charge on any atom is 0.219 e. The van der Waals surface area contributed by atoms with Crippen molar-refractivity contribution in [3.05, 3.63) is 34.8 Å². The Morgan fingerprint density at radius 1 is 1.31 bits per heavy atom. The van der Waals surface area contributed by atoms with Gasteiger partial charge in [0.1, 0.15) is 5.01 Å². The van der Waals surface area contributed by atoms with Gasteiger partial charge in [-0.3, -0.25) is 5.43 Å². The Labute approximate surface area is 102 Å². The highest BCUT2D eigenvalue weighted by Crippen LogP contribution is 2.25. The lowest BCUT2D eigenvalue weighted by atomic mass is 10.2. The highest BCUT2D eigenvalue weighted by Gasteiger charge is 2.03. The number of rotatable bonds is 4. The summed E-state index contributed by atoms with van der Waals surface area (Å²) in [5.41, 5.74) is 3.76. The third-order valence-corrected chi connectivity index (χ3v) is 4.03. The molecule has 0 unspecified atom stereocenters. The first kappa shape index (κ1) is 11.4. The Hall–Kier alpha value is -1.11. The lowest BCUT2D eigenvalue weighted by molar-refractivity contribution is 1.03. The molecule has 0 aliphatic heterocycles. The molecule has 0 atom stereocenters. The number of nitrogens with one attached hydrogen (secondary N) is 1. The summed E-state index contributed by atoms with van der Waals surface area (Å²) < 4.78 is 0. The van der Waals surface area contributed by atoms with Gasteiger partial charge in [0.25, 0.3) is 0 Å². The van der Waals surface area contributed by atoms with E-state index in [1.54, 1.807) is 11.8 Å². The van der Waals surface area contributed by atoms with Crippen LogP contribution in [0.1, 0.15) is 10.6 Å². The minimum Gasteiger partial charge on any atom is -0.298 e. The van der Waals surface area contributed by atoms with Crippen LogP contribution in [-0.4, -0.2) is 10.2 Å². The maximum atomic E-state index is 5.24. The fourth-order valence-electron chi connectivity index (χ4n) is 1.15. The highest BCUT2D eigenvalue weighted by atomic mass is 32.2. The Kier molecular flexibility index (Phi) is 3.76. The lowest BCUT2D eigenvalue weighted by Gasteiger charge is -1.98. The Balaban J connectivity index is 1.94. The van der Waals surface area contributed by atoms with Crippen molar-refractivity contribution in [2.24, 2.45) is 5.84 Å². The van der Waals surface area contributed by atoms with E-state index in [9.17, 15) is 0 Å². The first-order chi connectivity index (χ1) is 7.78. The molecule has 0 fully saturated rings. The van der Waals surface area contributed by atoms with Gasteiger partial charge in [-0.05, 0) is 19.1 Å². The van der Waals surface area contributed by atoms with Crippen molar-refractivity contribution in [2.45, 2.75) is 17.6 Å². The van der Waals surface area contributed by atoms with E-state index in [1.165, 1.54) is 21.8 Å². The summed E-state index contributed by atoms with van der Waals surface area (Å²) in [4.78, 5) is 1.24. The molecule has 84 valence electrons. The van der Waals surface area contributed by atoms with Gasteiger partial charge in [-0.2, -0.15) is 0 Å². The second-order valence-corrected chi connectivity index (χ2v) is 5.36. The third-order valence-electron chi connectivity index (χ3n) is 1.97. The number of nitrogens with zero attached hydrogens (tertiary/aromatic N) is 2. The lowest BCUT2D eigenvalue weighted by Crippen LogP contribution is -2.05. The van der Waals surface area contributed by atoms with Crippen LogP contribution in [0.4, 0.5) is 5.13 Å². The molecule has 0 radical (unpaired) electrons. The second-order valence-electron chi connectivity index (χ2n) is 3.25. The average Bonchev–Trinajstić information content (AvgIpc) is 2.76. The predicted octanol–water partition coefficient (Wildman–Crippen LogP) is 2.42. The summed E-state index contributed by atoms with van der Waals surface area (Å²) in [7, 11) is 0. The number of aryl methyl sites for hydroxylation is 1. The molecule has 0 aliphatic carbocycles. The molecule has 1 heterocycles. The molecule has 1 aromatic carbocycles. The number of thioether (sulfide) groups is 1. The first-order valence-corrected chi connectivity index (χ1v) is 6.56. The molecule has 16 heavy (non-hydrogen) atoms. The molecule has 0 bridgehead atoms. The van der Waals surface area contributed by atoms with Crippen LogP contribution in [-0.2, 0) is 5.75 Å². The molecule has 2 aromatic rings. The number of aromatic nitrogens is 2. The maximum absolute atomic E-state index is 5.24. The average molecular weight is 252 g/mol. The molecule has 0 amide bonds. The number of benzene rings is 1. The Morgan fingerprint density at radius 3 is 2.69 bits per heavy atom. The van der Waals surface area contributed by atoms with Crippen molar-refractivity contribution in [3.63, 3.8) is 0 Å². The van der Waals surface area contributed by atoms with Crippen molar-refractivity contribution >= 4 is 28.2 Å². The van der Waals surface area contributed by atoms with Crippen LogP contribution in [0.25, 0.3) is 0 Å². The smallest absolute Gasteiger partial charge is 0.219 e.